The van der Waals surface area contributed by atoms with E-state index >= 15 is 0 Å². The standard InChI is InChI=1S/C21H19F6N3O5S/c22-12-4-9(5-13(23)16(12)24)14(30-28)7-29-17-18(32)15(8-31)34-20(19(17)33)36-11-3-1-2-10(6-11)35-21(25,26)27/h1-7,15,17-20,28-29,31-33H,8H2/b14-7-,30-28?/t15?,17?,18-,19?,20+/m0/s1. The van der Waals surface area contributed by atoms with Crippen molar-refractivity contribution < 1.29 is 51.1 Å². The molecule has 2 aromatic rings. The number of hydrogen-bond acceptors (Lipinski definition) is 9. The summed E-state index contributed by atoms with van der Waals surface area (Å²) in [5.74, 6) is -5.30. The molecule has 0 saturated carbocycles. The summed E-state index contributed by atoms with van der Waals surface area (Å²) in [6.45, 7) is -0.700. The zero-order chi connectivity index (χ0) is 26.6. The van der Waals surface area contributed by atoms with E-state index in [9.17, 15) is 41.7 Å². The summed E-state index contributed by atoms with van der Waals surface area (Å²) >= 11 is 0.776. The number of nitrogens with zero attached hydrogens (tertiary/aromatic N) is 1. The fourth-order valence-corrected chi connectivity index (χ4v) is 4.44. The van der Waals surface area contributed by atoms with Crippen LogP contribution in [0.2, 0.25) is 0 Å². The number of ether oxygens (including phenoxy) is 2. The minimum absolute atomic E-state index is 0.197. The Morgan fingerprint density at radius 2 is 1.81 bits per heavy atom. The molecule has 0 bridgehead atoms. The third-order valence-electron chi connectivity index (χ3n) is 4.99. The Kier molecular flexibility index (Phi) is 8.84. The van der Waals surface area contributed by atoms with Gasteiger partial charge in [-0.25, -0.2) is 18.7 Å². The zero-order valence-electron chi connectivity index (χ0n) is 17.9. The Morgan fingerprint density at radius 3 is 2.39 bits per heavy atom. The van der Waals surface area contributed by atoms with E-state index in [4.69, 9.17) is 10.3 Å². The highest BCUT2D eigenvalue weighted by molar-refractivity contribution is 7.99. The Bertz CT molecular complexity index is 1100. The van der Waals surface area contributed by atoms with Crippen LogP contribution in [0.15, 0.2) is 52.6 Å². The second kappa shape index (κ2) is 11.5. The van der Waals surface area contributed by atoms with E-state index in [1.54, 1.807) is 0 Å². The summed E-state index contributed by atoms with van der Waals surface area (Å²) in [6.07, 6.45) is -8.32. The second-order valence-corrected chi connectivity index (χ2v) is 8.61. The summed E-state index contributed by atoms with van der Waals surface area (Å²) in [4.78, 5) is 0.197. The van der Waals surface area contributed by atoms with Crippen LogP contribution < -0.4 is 10.1 Å². The molecule has 3 rings (SSSR count). The molecule has 5 atom stereocenters. The monoisotopic (exact) mass is 539 g/mol. The third kappa shape index (κ3) is 6.67. The average Bonchev–Trinajstić information content (AvgIpc) is 2.80. The lowest BCUT2D eigenvalue weighted by molar-refractivity contribution is -0.274. The maximum atomic E-state index is 13.6. The number of halogens is 6. The molecule has 5 N–H and O–H groups in total. The number of alkyl halides is 3. The van der Waals surface area contributed by atoms with Gasteiger partial charge in [-0.3, -0.25) is 0 Å². The summed E-state index contributed by atoms with van der Waals surface area (Å²) in [5, 5.41) is 36.5. The normalized spacial score (nSPS) is 24.9. The highest BCUT2D eigenvalue weighted by atomic mass is 32.2. The van der Waals surface area contributed by atoms with Gasteiger partial charge in [-0.15, -0.1) is 13.2 Å². The lowest BCUT2D eigenvalue weighted by Gasteiger charge is -2.42. The molecule has 15 heteroatoms. The first-order chi connectivity index (χ1) is 16.9. The van der Waals surface area contributed by atoms with E-state index in [1.165, 1.54) is 12.1 Å². The van der Waals surface area contributed by atoms with Crippen LogP contribution in [-0.4, -0.2) is 58.1 Å². The lowest BCUT2D eigenvalue weighted by Crippen LogP contribution is -2.61. The molecule has 1 aliphatic rings. The quantitative estimate of drug-likeness (QED) is 0.197. The van der Waals surface area contributed by atoms with Crippen LogP contribution in [-0.2, 0) is 4.74 Å². The molecule has 0 aromatic heterocycles. The fraction of sp³-hybridized carbons (Fsp3) is 0.333. The van der Waals surface area contributed by atoms with E-state index < -0.39 is 66.0 Å². The molecule has 196 valence electrons. The van der Waals surface area contributed by atoms with Crippen molar-refractivity contribution in [2.24, 2.45) is 5.11 Å². The van der Waals surface area contributed by atoms with Gasteiger partial charge in [0.15, 0.2) is 17.5 Å². The zero-order valence-corrected chi connectivity index (χ0v) is 18.7. The van der Waals surface area contributed by atoms with Crippen LogP contribution >= 0.6 is 11.8 Å². The number of rotatable bonds is 8. The van der Waals surface area contributed by atoms with Crippen molar-refractivity contribution in [3.63, 3.8) is 0 Å². The maximum Gasteiger partial charge on any atom is 0.573 e. The van der Waals surface area contributed by atoms with Crippen LogP contribution in [0.25, 0.3) is 5.70 Å². The van der Waals surface area contributed by atoms with Gasteiger partial charge in [0, 0.05) is 16.7 Å². The molecule has 36 heavy (non-hydrogen) atoms. The van der Waals surface area contributed by atoms with Gasteiger partial charge in [-0.05, 0) is 30.3 Å². The highest BCUT2D eigenvalue weighted by Crippen LogP contribution is 2.35. The molecule has 2 aromatic carbocycles. The maximum absolute atomic E-state index is 13.6. The summed E-state index contributed by atoms with van der Waals surface area (Å²) < 4.78 is 87.2. The van der Waals surface area contributed by atoms with Crippen LogP contribution in [0.3, 0.4) is 0 Å². The third-order valence-corrected chi connectivity index (χ3v) is 6.14. The van der Waals surface area contributed by atoms with E-state index in [0.717, 1.165) is 30.1 Å². The molecule has 3 unspecified atom stereocenters. The summed E-state index contributed by atoms with van der Waals surface area (Å²) in [5.41, 5.74) is 5.32. The molecular weight excluding hydrogens is 520 g/mol. The van der Waals surface area contributed by atoms with Crippen molar-refractivity contribution in [3.8, 4) is 5.75 Å². The van der Waals surface area contributed by atoms with Crippen molar-refractivity contribution in [2.75, 3.05) is 6.61 Å². The SMILES string of the molecule is N=N/C(=C\NC1C(O)[C@@H](Sc2cccc(OC(F)(F)F)c2)OC(CO)[C@@H]1O)c1cc(F)c(F)c(F)c1. The van der Waals surface area contributed by atoms with E-state index in [-0.39, 0.29) is 16.2 Å². The number of thioether (sulfide) groups is 1. The molecular formula is C21H19F6N3O5S. The van der Waals surface area contributed by atoms with Gasteiger partial charge >= 0.3 is 6.36 Å². The van der Waals surface area contributed by atoms with Crippen LogP contribution in [0.5, 0.6) is 5.75 Å². The molecule has 0 radical (unpaired) electrons. The van der Waals surface area contributed by atoms with Crippen molar-refractivity contribution in [3.05, 3.63) is 65.6 Å². The Labute approximate surface area is 204 Å². The molecule has 0 spiro atoms. The average molecular weight is 539 g/mol. The largest absolute Gasteiger partial charge is 0.573 e. The highest BCUT2D eigenvalue weighted by Gasteiger charge is 2.44. The van der Waals surface area contributed by atoms with Gasteiger partial charge in [0.2, 0.25) is 0 Å². The topological polar surface area (TPSA) is 127 Å². The van der Waals surface area contributed by atoms with Gasteiger partial charge < -0.3 is 30.1 Å². The Hall–Kier alpha value is -2.85. The van der Waals surface area contributed by atoms with Crippen molar-refractivity contribution >= 4 is 17.5 Å². The first-order valence-corrected chi connectivity index (χ1v) is 10.9. The summed E-state index contributed by atoms with van der Waals surface area (Å²) in [7, 11) is 0. The van der Waals surface area contributed by atoms with Gasteiger partial charge in [0.25, 0.3) is 0 Å². The minimum atomic E-state index is -4.92. The molecule has 1 heterocycles. The number of nitrogens with one attached hydrogen (secondary N) is 2. The smallest absolute Gasteiger partial charge is 0.406 e. The van der Waals surface area contributed by atoms with Gasteiger partial charge in [-0.2, -0.15) is 5.11 Å². The number of hydrogen-bond donors (Lipinski definition) is 5. The lowest BCUT2D eigenvalue weighted by atomic mass is 9.97. The van der Waals surface area contributed by atoms with Gasteiger partial charge in [0.05, 0.1) is 12.6 Å². The molecule has 8 nitrogen and oxygen atoms in total. The van der Waals surface area contributed by atoms with Crippen LogP contribution in [0.1, 0.15) is 5.56 Å². The molecule has 0 aliphatic carbocycles. The molecule has 1 aliphatic heterocycles. The van der Waals surface area contributed by atoms with E-state index in [1.807, 2.05) is 0 Å². The first kappa shape index (κ1) is 27.7. The van der Waals surface area contributed by atoms with Gasteiger partial charge in [-0.1, -0.05) is 17.8 Å². The Morgan fingerprint density at radius 1 is 1.14 bits per heavy atom. The van der Waals surface area contributed by atoms with Crippen molar-refractivity contribution in [1.29, 1.82) is 5.53 Å². The number of benzene rings is 2. The predicted octanol–water partition coefficient (Wildman–Crippen LogP) is 3.52. The molecule has 0 amide bonds. The first-order valence-electron chi connectivity index (χ1n) is 10.1. The van der Waals surface area contributed by atoms with Crippen LogP contribution in [0.4, 0.5) is 26.3 Å². The van der Waals surface area contributed by atoms with Crippen molar-refractivity contribution in [1.82, 2.24) is 5.32 Å². The number of aliphatic hydroxyl groups is 3. The van der Waals surface area contributed by atoms with Crippen LogP contribution in [0, 0.1) is 23.0 Å². The molecule has 1 saturated heterocycles. The van der Waals surface area contributed by atoms with E-state index in [2.05, 4.69) is 15.2 Å². The minimum Gasteiger partial charge on any atom is -0.406 e. The molecule has 1 fully saturated rings. The second-order valence-electron chi connectivity index (χ2n) is 7.43. The number of aliphatic hydroxyl groups excluding tert-OH is 3. The summed E-state index contributed by atoms with van der Waals surface area (Å²) in [6, 6.07) is 4.69. The van der Waals surface area contributed by atoms with Crippen molar-refractivity contribution in [2.45, 2.75) is 41.0 Å². The van der Waals surface area contributed by atoms with E-state index in [0.29, 0.717) is 12.1 Å². The predicted molar refractivity (Wildman–Crippen MR) is 113 cm³/mol. The fourth-order valence-electron chi connectivity index (χ4n) is 3.32. The Balaban J connectivity index is 1.82. The van der Waals surface area contributed by atoms with Gasteiger partial charge in [0.1, 0.15) is 35.2 Å².